The molecule has 0 bridgehead atoms. The van der Waals surface area contributed by atoms with Gasteiger partial charge >= 0.3 is 0 Å². The molecule has 1 aliphatic rings. The number of hydrogen-bond donors (Lipinski definition) is 1. The Hall–Kier alpha value is -2.80. The fourth-order valence-electron chi connectivity index (χ4n) is 3.30. The van der Waals surface area contributed by atoms with Crippen LogP contribution in [0.3, 0.4) is 0 Å². The highest BCUT2D eigenvalue weighted by molar-refractivity contribution is 5.96. The van der Waals surface area contributed by atoms with Crippen molar-refractivity contribution in [1.29, 1.82) is 0 Å². The van der Waals surface area contributed by atoms with Crippen LogP contribution in [0.25, 0.3) is 11.2 Å². The Morgan fingerprint density at radius 1 is 1.38 bits per heavy atom. The molecular weight excluding hydrogens is 306 g/mol. The van der Waals surface area contributed by atoms with Gasteiger partial charge in [0, 0.05) is 19.8 Å². The maximum absolute atomic E-state index is 12.9. The number of aliphatic hydroxyl groups excluding tert-OH is 1. The second kappa shape index (κ2) is 5.68. The number of nitrogens with zero attached hydrogens (tertiary/aromatic N) is 5. The van der Waals surface area contributed by atoms with Gasteiger partial charge in [0.2, 0.25) is 0 Å². The average Bonchev–Trinajstić information content (AvgIpc) is 3.00. The topological polar surface area (TPSA) is 84.1 Å². The monoisotopic (exact) mass is 323 g/mol. The summed E-state index contributed by atoms with van der Waals surface area (Å²) in [6.07, 6.45) is 2.32. The van der Waals surface area contributed by atoms with Crippen molar-refractivity contribution in [3.05, 3.63) is 53.2 Å². The number of hydrogen-bond acceptors (Lipinski definition) is 5. The molecule has 4 rings (SSSR count). The minimum absolute atomic E-state index is 0.108. The Morgan fingerprint density at radius 2 is 2.21 bits per heavy atom. The summed E-state index contributed by atoms with van der Waals surface area (Å²) < 4.78 is 1.57. The van der Waals surface area contributed by atoms with Crippen LogP contribution in [0.1, 0.15) is 27.5 Å². The third-order valence-electron chi connectivity index (χ3n) is 4.53. The van der Waals surface area contributed by atoms with Crippen molar-refractivity contribution >= 4 is 17.1 Å². The zero-order valence-corrected chi connectivity index (χ0v) is 13.3. The molecule has 24 heavy (non-hydrogen) atoms. The molecule has 3 aromatic rings. The Morgan fingerprint density at radius 3 is 3.04 bits per heavy atom. The lowest BCUT2D eigenvalue weighted by Crippen LogP contribution is -2.41. The van der Waals surface area contributed by atoms with E-state index in [0.29, 0.717) is 23.3 Å². The summed E-state index contributed by atoms with van der Waals surface area (Å²) in [6, 6.07) is 9.30. The minimum Gasteiger partial charge on any atom is -0.394 e. The van der Waals surface area contributed by atoms with Crippen LogP contribution in [0.4, 0.5) is 0 Å². The van der Waals surface area contributed by atoms with E-state index in [1.54, 1.807) is 28.9 Å². The van der Waals surface area contributed by atoms with Gasteiger partial charge in [-0.3, -0.25) is 4.79 Å². The summed E-state index contributed by atoms with van der Waals surface area (Å²) in [7, 11) is 1.76. The van der Waals surface area contributed by atoms with Gasteiger partial charge in [-0.15, -0.1) is 5.10 Å². The first-order valence-corrected chi connectivity index (χ1v) is 7.84. The van der Waals surface area contributed by atoms with Crippen molar-refractivity contribution in [2.24, 2.45) is 7.05 Å². The van der Waals surface area contributed by atoms with E-state index < -0.39 is 0 Å². The Bertz CT molecular complexity index is 920. The van der Waals surface area contributed by atoms with Crippen molar-refractivity contribution in [2.45, 2.75) is 12.5 Å². The van der Waals surface area contributed by atoms with Crippen molar-refractivity contribution in [3.8, 4) is 0 Å². The second-order valence-electron chi connectivity index (χ2n) is 5.93. The first-order valence-electron chi connectivity index (χ1n) is 7.84. The van der Waals surface area contributed by atoms with E-state index in [-0.39, 0.29) is 18.6 Å². The fraction of sp³-hybridized carbons (Fsp3) is 0.294. The molecule has 3 heterocycles. The molecule has 1 atom stereocenters. The lowest BCUT2D eigenvalue weighted by atomic mass is 9.92. The Balaban J connectivity index is 1.70. The average molecular weight is 323 g/mol. The number of fused-ring (bicyclic) bond motifs is 2. The number of benzene rings is 1. The standard InChI is InChI=1S/C17H17N5O2/c1-21-16-14(19-20-21)8-12(9-18-16)17(24)22-7-6-11-4-2-3-5-13(11)15(22)10-23/h2-5,8-9,15,23H,6-7,10H2,1H3. The van der Waals surface area contributed by atoms with Crippen LogP contribution in [0.5, 0.6) is 0 Å². The Labute approximate surface area is 138 Å². The SMILES string of the molecule is Cn1nnc2cc(C(=O)N3CCc4ccccc4C3CO)cnc21. The Kier molecular flexibility index (Phi) is 3.50. The number of carbonyl (C=O) groups is 1. The second-order valence-corrected chi connectivity index (χ2v) is 5.93. The molecule has 0 aliphatic carbocycles. The van der Waals surface area contributed by atoms with Gasteiger partial charge in [0.15, 0.2) is 5.65 Å². The van der Waals surface area contributed by atoms with Crippen LogP contribution in [-0.4, -0.2) is 49.0 Å². The van der Waals surface area contributed by atoms with Crippen LogP contribution >= 0.6 is 0 Å². The van der Waals surface area contributed by atoms with Gasteiger partial charge in [0.1, 0.15) is 5.52 Å². The van der Waals surface area contributed by atoms with Gasteiger partial charge in [-0.05, 0) is 23.6 Å². The quantitative estimate of drug-likeness (QED) is 0.763. The van der Waals surface area contributed by atoms with E-state index in [4.69, 9.17) is 0 Å². The van der Waals surface area contributed by atoms with Gasteiger partial charge in [0.25, 0.3) is 5.91 Å². The highest BCUT2D eigenvalue weighted by atomic mass is 16.3. The van der Waals surface area contributed by atoms with Gasteiger partial charge in [0.05, 0.1) is 18.2 Å². The number of amides is 1. The lowest BCUT2D eigenvalue weighted by Gasteiger charge is -2.36. The van der Waals surface area contributed by atoms with Crippen molar-refractivity contribution in [3.63, 3.8) is 0 Å². The molecule has 7 nitrogen and oxygen atoms in total. The van der Waals surface area contributed by atoms with E-state index >= 15 is 0 Å². The number of pyridine rings is 1. The predicted molar refractivity (Wildman–Crippen MR) is 87.3 cm³/mol. The molecule has 1 aromatic carbocycles. The molecule has 0 radical (unpaired) electrons. The molecule has 0 saturated carbocycles. The molecule has 0 fully saturated rings. The number of aromatic nitrogens is 4. The van der Waals surface area contributed by atoms with Crippen molar-refractivity contribution in [2.75, 3.05) is 13.2 Å². The molecule has 2 aromatic heterocycles. The highest BCUT2D eigenvalue weighted by Crippen LogP contribution is 2.30. The maximum Gasteiger partial charge on any atom is 0.256 e. The zero-order valence-electron chi connectivity index (χ0n) is 13.3. The third-order valence-corrected chi connectivity index (χ3v) is 4.53. The smallest absolute Gasteiger partial charge is 0.256 e. The molecular formula is C17H17N5O2. The van der Waals surface area contributed by atoms with Gasteiger partial charge in [-0.2, -0.15) is 0 Å². The maximum atomic E-state index is 12.9. The highest BCUT2D eigenvalue weighted by Gasteiger charge is 2.31. The predicted octanol–water partition coefficient (Wildman–Crippen LogP) is 1.10. The molecule has 122 valence electrons. The van der Waals surface area contributed by atoms with Gasteiger partial charge in [-0.1, -0.05) is 29.5 Å². The lowest BCUT2D eigenvalue weighted by molar-refractivity contribution is 0.0568. The fourth-order valence-corrected chi connectivity index (χ4v) is 3.30. The first kappa shape index (κ1) is 14.8. The van der Waals surface area contributed by atoms with Crippen LogP contribution < -0.4 is 0 Å². The van der Waals surface area contributed by atoms with E-state index in [0.717, 1.165) is 12.0 Å². The van der Waals surface area contributed by atoms with Crippen molar-refractivity contribution in [1.82, 2.24) is 24.9 Å². The zero-order chi connectivity index (χ0) is 16.7. The molecule has 1 amide bonds. The van der Waals surface area contributed by atoms with Crippen LogP contribution in [0, 0.1) is 0 Å². The molecule has 1 unspecified atom stereocenters. The number of aryl methyl sites for hydroxylation is 1. The molecule has 0 spiro atoms. The summed E-state index contributed by atoms with van der Waals surface area (Å²) in [4.78, 5) is 18.9. The molecule has 1 aliphatic heterocycles. The van der Waals surface area contributed by atoms with E-state index in [9.17, 15) is 9.90 Å². The molecule has 1 N–H and O–H groups in total. The largest absolute Gasteiger partial charge is 0.394 e. The summed E-state index contributed by atoms with van der Waals surface area (Å²) in [5.74, 6) is -0.149. The van der Waals surface area contributed by atoms with Gasteiger partial charge < -0.3 is 10.0 Å². The number of aliphatic hydroxyl groups is 1. The summed E-state index contributed by atoms with van der Waals surface area (Å²) in [5.41, 5.74) is 3.87. The van der Waals surface area contributed by atoms with E-state index in [2.05, 4.69) is 15.3 Å². The molecule has 7 heteroatoms. The van der Waals surface area contributed by atoms with E-state index in [1.165, 1.54) is 5.56 Å². The summed E-state index contributed by atoms with van der Waals surface area (Å²) in [6.45, 7) is 0.461. The number of carbonyl (C=O) groups excluding carboxylic acids is 1. The normalized spacial score (nSPS) is 17.1. The van der Waals surface area contributed by atoms with Gasteiger partial charge in [-0.25, -0.2) is 9.67 Å². The van der Waals surface area contributed by atoms with Crippen LogP contribution in [-0.2, 0) is 13.5 Å². The third kappa shape index (κ3) is 2.25. The first-order chi connectivity index (χ1) is 11.7. The van der Waals surface area contributed by atoms with Crippen LogP contribution in [0.15, 0.2) is 36.5 Å². The van der Waals surface area contributed by atoms with Crippen molar-refractivity contribution < 1.29 is 9.90 Å². The van der Waals surface area contributed by atoms with Crippen LogP contribution in [0.2, 0.25) is 0 Å². The summed E-state index contributed by atoms with van der Waals surface area (Å²) >= 11 is 0. The minimum atomic E-state index is -0.333. The van der Waals surface area contributed by atoms with E-state index in [1.807, 2.05) is 24.3 Å². The molecule has 0 saturated heterocycles. The number of rotatable bonds is 2. The summed E-state index contributed by atoms with van der Waals surface area (Å²) in [5, 5.41) is 17.8.